The van der Waals surface area contributed by atoms with E-state index in [1.165, 1.54) is 84.3 Å². The first-order valence-corrected chi connectivity index (χ1v) is 10.6. The van der Waals surface area contributed by atoms with Crippen LogP contribution in [0.25, 0.3) is 0 Å². The highest BCUT2D eigenvalue weighted by atomic mass is 14.4. The number of unbranched alkanes of at least 4 members (excludes halogenated alkanes) is 8. The van der Waals surface area contributed by atoms with Crippen LogP contribution in [0.15, 0.2) is 0 Å². The van der Waals surface area contributed by atoms with Gasteiger partial charge in [0.05, 0.1) is 6.07 Å². The SMILES string of the molecule is CCCCCCCC(BC1(C#N)CC(C)C1)CCCCCCC. The van der Waals surface area contributed by atoms with Gasteiger partial charge >= 0.3 is 0 Å². The highest BCUT2D eigenvalue weighted by Gasteiger charge is 2.44. The molecular formula is C21H40BN. The molecule has 1 nitrogen and oxygen atoms in total. The molecule has 1 aliphatic carbocycles. The Morgan fingerprint density at radius 1 is 0.913 bits per heavy atom. The van der Waals surface area contributed by atoms with E-state index < -0.39 is 0 Å². The highest BCUT2D eigenvalue weighted by molar-refractivity contribution is 6.43. The molecule has 0 aliphatic heterocycles. The van der Waals surface area contributed by atoms with Crippen molar-refractivity contribution in [2.75, 3.05) is 0 Å². The molecule has 0 saturated heterocycles. The summed E-state index contributed by atoms with van der Waals surface area (Å²) in [6, 6.07) is 2.70. The monoisotopic (exact) mass is 317 g/mol. The molecule has 0 bridgehead atoms. The van der Waals surface area contributed by atoms with E-state index in [0.717, 1.165) is 24.6 Å². The van der Waals surface area contributed by atoms with Gasteiger partial charge in [-0.3, -0.25) is 0 Å². The van der Waals surface area contributed by atoms with Crippen LogP contribution in [-0.4, -0.2) is 7.28 Å². The van der Waals surface area contributed by atoms with Gasteiger partial charge in [0.25, 0.3) is 0 Å². The van der Waals surface area contributed by atoms with E-state index in [4.69, 9.17) is 0 Å². The van der Waals surface area contributed by atoms with Crippen LogP contribution in [0.5, 0.6) is 0 Å². The normalized spacial score (nSPS) is 23.5. The van der Waals surface area contributed by atoms with Crippen molar-refractivity contribution in [3.05, 3.63) is 0 Å². The van der Waals surface area contributed by atoms with Crippen molar-refractivity contribution < 1.29 is 0 Å². The minimum absolute atomic E-state index is 0.0525. The van der Waals surface area contributed by atoms with Gasteiger partial charge in [-0.05, 0) is 18.8 Å². The molecule has 23 heavy (non-hydrogen) atoms. The minimum atomic E-state index is 0.0525. The summed E-state index contributed by atoms with van der Waals surface area (Å²) in [5, 5.41) is 9.69. The molecule has 0 radical (unpaired) electrons. The molecule has 0 spiro atoms. The number of rotatable bonds is 14. The van der Waals surface area contributed by atoms with Crippen LogP contribution >= 0.6 is 0 Å². The Hall–Kier alpha value is -0.445. The second kappa shape index (κ2) is 12.0. The zero-order chi connectivity index (χ0) is 17.0. The number of nitrogens with zero attached hydrogens (tertiary/aromatic N) is 1. The molecule has 0 aromatic heterocycles. The van der Waals surface area contributed by atoms with Gasteiger partial charge in [-0.15, -0.1) is 0 Å². The first kappa shape index (κ1) is 20.6. The maximum absolute atomic E-state index is 9.64. The summed E-state index contributed by atoms with van der Waals surface area (Å²) in [7, 11) is 1.19. The lowest BCUT2D eigenvalue weighted by Gasteiger charge is -2.42. The van der Waals surface area contributed by atoms with E-state index in [1.807, 2.05) is 0 Å². The lowest BCUT2D eigenvalue weighted by atomic mass is 9.36. The summed E-state index contributed by atoms with van der Waals surface area (Å²) < 4.78 is 0. The first-order valence-electron chi connectivity index (χ1n) is 10.6. The van der Waals surface area contributed by atoms with Gasteiger partial charge in [0.2, 0.25) is 0 Å². The fourth-order valence-corrected chi connectivity index (χ4v) is 4.55. The van der Waals surface area contributed by atoms with Gasteiger partial charge in [-0.1, -0.05) is 104 Å². The van der Waals surface area contributed by atoms with Crippen LogP contribution in [0.1, 0.15) is 111 Å². The summed E-state index contributed by atoms with van der Waals surface area (Å²) in [6.07, 6.45) is 18.9. The predicted octanol–water partition coefficient (Wildman–Crippen LogP) is 7.04. The van der Waals surface area contributed by atoms with Gasteiger partial charge in [0.1, 0.15) is 7.28 Å². The van der Waals surface area contributed by atoms with Gasteiger partial charge in [-0.2, -0.15) is 5.26 Å². The van der Waals surface area contributed by atoms with Gasteiger partial charge in [0.15, 0.2) is 0 Å². The van der Waals surface area contributed by atoms with Crippen molar-refractivity contribution in [3.63, 3.8) is 0 Å². The maximum atomic E-state index is 9.64. The van der Waals surface area contributed by atoms with Gasteiger partial charge in [0, 0.05) is 5.31 Å². The third kappa shape index (κ3) is 8.28. The Morgan fingerprint density at radius 3 is 1.78 bits per heavy atom. The standard InChI is InChI=1S/C21H40BN/c1-4-6-8-10-12-14-20(15-13-11-9-7-5-2)22-21(18-23)16-19(3)17-21/h19-20,22H,4-17H2,1-3H3. The van der Waals surface area contributed by atoms with Crippen molar-refractivity contribution in [3.8, 4) is 6.07 Å². The van der Waals surface area contributed by atoms with E-state index >= 15 is 0 Å². The summed E-state index contributed by atoms with van der Waals surface area (Å²) in [4.78, 5) is 0. The smallest absolute Gasteiger partial charge is 0.149 e. The second-order valence-corrected chi connectivity index (χ2v) is 8.38. The molecule has 1 rings (SSSR count). The molecule has 0 aromatic carbocycles. The Kier molecular flexibility index (Phi) is 10.7. The number of hydrogen-bond donors (Lipinski definition) is 0. The zero-order valence-corrected chi connectivity index (χ0v) is 16.2. The van der Waals surface area contributed by atoms with Crippen LogP contribution < -0.4 is 0 Å². The molecule has 1 saturated carbocycles. The fraction of sp³-hybridized carbons (Fsp3) is 0.952. The summed E-state index contributed by atoms with van der Waals surface area (Å²) in [5.74, 6) is 1.59. The van der Waals surface area contributed by atoms with E-state index in [-0.39, 0.29) is 5.31 Å². The molecule has 2 heteroatoms. The Bertz CT molecular complexity index is 313. The molecule has 0 amide bonds. The highest BCUT2D eigenvalue weighted by Crippen LogP contribution is 2.53. The summed E-state index contributed by atoms with van der Waals surface area (Å²) >= 11 is 0. The van der Waals surface area contributed by atoms with Crippen molar-refractivity contribution in [1.82, 2.24) is 0 Å². The first-order chi connectivity index (χ1) is 11.2. The number of nitriles is 1. The van der Waals surface area contributed by atoms with Crippen LogP contribution in [0.3, 0.4) is 0 Å². The van der Waals surface area contributed by atoms with Crippen LogP contribution in [0.4, 0.5) is 0 Å². The summed E-state index contributed by atoms with van der Waals surface area (Å²) in [6.45, 7) is 6.88. The minimum Gasteiger partial charge on any atom is -0.199 e. The van der Waals surface area contributed by atoms with E-state index in [2.05, 4.69) is 26.8 Å². The summed E-state index contributed by atoms with van der Waals surface area (Å²) in [5.41, 5.74) is 0. The van der Waals surface area contributed by atoms with Crippen LogP contribution in [0.2, 0.25) is 11.1 Å². The molecule has 1 aliphatic rings. The van der Waals surface area contributed by atoms with Crippen molar-refractivity contribution in [1.29, 1.82) is 5.26 Å². The average molecular weight is 317 g/mol. The predicted molar refractivity (Wildman–Crippen MR) is 104 cm³/mol. The molecule has 0 atom stereocenters. The van der Waals surface area contributed by atoms with Gasteiger partial charge < -0.3 is 0 Å². The average Bonchev–Trinajstić information content (AvgIpc) is 2.52. The lowest BCUT2D eigenvalue weighted by Crippen LogP contribution is -2.35. The second-order valence-electron chi connectivity index (χ2n) is 8.38. The Balaban J connectivity index is 2.33. The lowest BCUT2D eigenvalue weighted by molar-refractivity contribution is 0.280. The van der Waals surface area contributed by atoms with Crippen molar-refractivity contribution in [2.45, 2.75) is 122 Å². The van der Waals surface area contributed by atoms with E-state index in [1.54, 1.807) is 0 Å². The largest absolute Gasteiger partial charge is 0.199 e. The molecule has 0 unspecified atom stereocenters. The molecule has 1 fully saturated rings. The third-order valence-corrected chi connectivity index (χ3v) is 5.83. The molecule has 0 N–H and O–H groups in total. The molecule has 0 heterocycles. The third-order valence-electron chi connectivity index (χ3n) is 5.83. The quantitative estimate of drug-likeness (QED) is 0.249. The molecular weight excluding hydrogens is 277 g/mol. The van der Waals surface area contributed by atoms with Gasteiger partial charge in [-0.25, -0.2) is 0 Å². The Morgan fingerprint density at radius 2 is 1.39 bits per heavy atom. The zero-order valence-electron chi connectivity index (χ0n) is 16.2. The van der Waals surface area contributed by atoms with E-state index in [0.29, 0.717) is 0 Å². The number of hydrogen-bond acceptors (Lipinski definition) is 1. The Labute approximate surface area is 146 Å². The van der Waals surface area contributed by atoms with E-state index in [9.17, 15) is 5.26 Å². The van der Waals surface area contributed by atoms with Crippen molar-refractivity contribution >= 4 is 7.28 Å². The van der Waals surface area contributed by atoms with Crippen LogP contribution in [0, 0.1) is 17.2 Å². The molecule has 132 valence electrons. The van der Waals surface area contributed by atoms with Crippen molar-refractivity contribution in [2.24, 2.45) is 5.92 Å². The fourth-order valence-electron chi connectivity index (χ4n) is 4.55. The maximum Gasteiger partial charge on any atom is 0.149 e. The van der Waals surface area contributed by atoms with Crippen LogP contribution in [-0.2, 0) is 0 Å². The topological polar surface area (TPSA) is 23.8 Å². The molecule has 0 aromatic rings.